The van der Waals surface area contributed by atoms with E-state index in [4.69, 9.17) is 10.2 Å². The SMILES string of the molecule is Nc1ccc(-c2nc3cccc(Br)c3o2)cc1F. The second-order valence-electron chi connectivity index (χ2n) is 3.84. The fourth-order valence-electron chi connectivity index (χ4n) is 1.70. The molecular weight excluding hydrogens is 299 g/mol. The molecular formula is C13H8BrFN2O. The molecule has 0 radical (unpaired) electrons. The molecule has 2 N–H and O–H groups in total. The Balaban J connectivity index is 2.19. The molecule has 0 unspecified atom stereocenters. The molecule has 0 spiro atoms. The van der Waals surface area contributed by atoms with Gasteiger partial charge >= 0.3 is 0 Å². The lowest BCUT2D eigenvalue weighted by Crippen LogP contribution is -1.90. The van der Waals surface area contributed by atoms with Crippen LogP contribution in [-0.4, -0.2) is 4.98 Å². The van der Waals surface area contributed by atoms with Crippen LogP contribution in [0, 0.1) is 5.82 Å². The Morgan fingerprint density at radius 1 is 1.22 bits per heavy atom. The lowest BCUT2D eigenvalue weighted by atomic mass is 10.2. The van der Waals surface area contributed by atoms with Crippen LogP contribution in [0.3, 0.4) is 0 Å². The summed E-state index contributed by atoms with van der Waals surface area (Å²) in [5.41, 5.74) is 7.46. The van der Waals surface area contributed by atoms with E-state index in [-0.39, 0.29) is 5.69 Å². The predicted octanol–water partition coefficient (Wildman–Crippen LogP) is 3.98. The van der Waals surface area contributed by atoms with Gasteiger partial charge in [-0.1, -0.05) is 6.07 Å². The summed E-state index contributed by atoms with van der Waals surface area (Å²) in [6.45, 7) is 0. The van der Waals surface area contributed by atoms with Crippen LogP contribution in [-0.2, 0) is 0 Å². The molecule has 0 aliphatic rings. The summed E-state index contributed by atoms with van der Waals surface area (Å²) in [4.78, 5) is 4.31. The van der Waals surface area contributed by atoms with E-state index in [1.807, 2.05) is 18.2 Å². The number of hydrogen-bond acceptors (Lipinski definition) is 3. The Kier molecular flexibility index (Phi) is 2.56. The Morgan fingerprint density at radius 2 is 2.06 bits per heavy atom. The van der Waals surface area contributed by atoms with Crippen LogP contribution in [0.5, 0.6) is 0 Å². The first kappa shape index (κ1) is 11.2. The first-order valence-corrected chi connectivity index (χ1v) is 6.05. The van der Waals surface area contributed by atoms with Crippen molar-refractivity contribution in [1.29, 1.82) is 0 Å². The van der Waals surface area contributed by atoms with Gasteiger partial charge in [0, 0.05) is 5.56 Å². The summed E-state index contributed by atoms with van der Waals surface area (Å²) in [6.07, 6.45) is 0. The zero-order valence-corrected chi connectivity index (χ0v) is 10.7. The number of hydrogen-bond donors (Lipinski definition) is 1. The van der Waals surface area contributed by atoms with Gasteiger partial charge in [0.25, 0.3) is 0 Å². The first-order chi connectivity index (χ1) is 8.65. The summed E-state index contributed by atoms with van der Waals surface area (Å²) in [7, 11) is 0. The standard InChI is InChI=1S/C13H8BrFN2O/c14-8-2-1-3-11-12(8)18-13(17-11)7-4-5-10(16)9(15)6-7/h1-6H,16H2. The maximum absolute atomic E-state index is 13.4. The van der Waals surface area contributed by atoms with Gasteiger partial charge in [0.1, 0.15) is 11.3 Å². The average Bonchev–Trinajstić information content (AvgIpc) is 2.78. The Labute approximate surface area is 111 Å². The van der Waals surface area contributed by atoms with E-state index >= 15 is 0 Å². The molecule has 0 saturated heterocycles. The molecule has 3 aromatic rings. The van der Waals surface area contributed by atoms with Crippen LogP contribution in [0.25, 0.3) is 22.6 Å². The molecule has 3 rings (SSSR count). The van der Waals surface area contributed by atoms with E-state index in [1.165, 1.54) is 12.1 Å². The summed E-state index contributed by atoms with van der Waals surface area (Å²) in [5, 5.41) is 0. The molecule has 0 amide bonds. The van der Waals surface area contributed by atoms with Crippen molar-refractivity contribution in [2.45, 2.75) is 0 Å². The van der Waals surface area contributed by atoms with Gasteiger partial charge in [0.05, 0.1) is 10.2 Å². The molecule has 0 aliphatic heterocycles. The zero-order chi connectivity index (χ0) is 12.7. The van der Waals surface area contributed by atoms with Gasteiger partial charge in [-0.15, -0.1) is 0 Å². The van der Waals surface area contributed by atoms with E-state index in [0.29, 0.717) is 17.0 Å². The molecule has 90 valence electrons. The molecule has 0 atom stereocenters. The van der Waals surface area contributed by atoms with E-state index in [2.05, 4.69) is 20.9 Å². The summed E-state index contributed by atoms with van der Waals surface area (Å²) >= 11 is 3.38. The Morgan fingerprint density at radius 3 is 2.78 bits per heavy atom. The summed E-state index contributed by atoms with van der Waals surface area (Å²) in [6, 6.07) is 10.0. The minimum Gasteiger partial charge on any atom is -0.435 e. The number of para-hydroxylation sites is 1. The molecule has 0 aliphatic carbocycles. The van der Waals surface area contributed by atoms with Crippen LogP contribution in [0.1, 0.15) is 0 Å². The van der Waals surface area contributed by atoms with E-state index in [9.17, 15) is 4.39 Å². The van der Waals surface area contributed by atoms with Crippen LogP contribution in [0.15, 0.2) is 45.3 Å². The second-order valence-corrected chi connectivity index (χ2v) is 4.70. The van der Waals surface area contributed by atoms with Gasteiger partial charge in [-0.3, -0.25) is 0 Å². The minimum atomic E-state index is -0.478. The molecule has 18 heavy (non-hydrogen) atoms. The van der Waals surface area contributed by atoms with Crippen molar-refractivity contribution in [3.8, 4) is 11.5 Å². The molecule has 0 fully saturated rings. The third kappa shape index (κ3) is 1.76. The van der Waals surface area contributed by atoms with Crippen molar-refractivity contribution >= 4 is 32.7 Å². The van der Waals surface area contributed by atoms with Crippen LogP contribution < -0.4 is 5.73 Å². The molecule has 0 saturated carbocycles. The molecule has 1 heterocycles. The highest BCUT2D eigenvalue weighted by molar-refractivity contribution is 9.10. The van der Waals surface area contributed by atoms with Crippen LogP contribution in [0.4, 0.5) is 10.1 Å². The number of halogens is 2. The van der Waals surface area contributed by atoms with Gasteiger partial charge in [-0.05, 0) is 46.3 Å². The fraction of sp³-hybridized carbons (Fsp3) is 0. The van der Waals surface area contributed by atoms with Crippen molar-refractivity contribution in [2.75, 3.05) is 5.73 Å². The van der Waals surface area contributed by atoms with E-state index < -0.39 is 5.82 Å². The quantitative estimate of drug-likeness (QED) is 0.692. The number of oxazole rings is 1. The van der Waals surface area contributed by atoms with Gasteiger partial charge in [-0.25, -0.2) is 9.37 Å². The number of nitrogen functional groups attached to an aromatic ring is 1. The maximum atomic E-state index is 13.4. The van der Waals surface area contributed by atoms with Gasteiger partial charge < -0.3 is 10.2 Å². The highest BCUT2D eigenvalue weighted by Gasteiger charge is 2.11. The Hall–Kier alpha value is -1.88. The fourth-order valence-corrected chi connectivity index (χ4v) is 2.14. The molecule has 1 aromatic heterocycles. The topological polar surface area (TPSA) is 52.0 Å². The van der Waals surface area contributed by atoms with Crippen molar-refractivity contribution in [3.05, 3.63) is 46.7 Å². The van der Waals surface area contributed by atoms with Crippen LogP contribution >= 0.6 is 15.9 Å². The number of nitrogens with two attached hydrogens (primary N) is 1. The van der Waals surface area contributed by atoms with Gasteiger partial charge in [-0.2, -0.15) is 0 Å². The lowest BCUT2D eigenvalue weighted by Gasteiger charge is -1.98. The second kappa shape index (κ2) is 4.10. The largest absolute Gasteiger partial charge is 0.435 e. The van der Waals surface area contributed by atoms with Crippen molar-refractivity contribution < 1.29 is 8.81 Å². The van der Waals surface area contributed by atoms with E-state index in [1.54, 1.807) is 6.07 Å². The van der Waals surface area contributed by atoms with E-state index in [0.717, 1.165) is 9.99 Å². The molecule has 0 bridgehead atoms. The van der Waals surface area contributed by atoms with Gasteiger partial charge in [0.2, 0.25) is 5.89 Å². The highest BCUT2D eigenvalue weighted by atomic mass is 79.9. The number of aromatic nitrogens is 1. The number of benzene rings is 2. The van der Waals surface area contributed by atoms with Crippen LogP contribution in [0.2, 0.25) is 0 Å². The maximum Gasteiger partial charge on any atom is 0.227 e. The predicted molar refractivity (Wildman–Crippen MR) is 71.5 cm³/mol. The molecule has 2 aromatic carbocycles. The number of fused-ring (bicyclic) bond motifs is 1. The Bertz CT molecular complexity index is 739. The third-order valence-electron chi connectivity index (χ3n) is 2.61. The number of nitrogens with zero attached hydrogens (tertiary/aromatic N) is 1. The highest BCUT2D eigenvalue weighted by Crippen LogP contribution is 2.30. The monoisotopic (exact) mass is 306 g/mol. The number of anilines is 1. The normalized spacial score (nSPS) is 11.0. The summed E-state index contributed by atoms with van der Waals surface area (Å²) < 4.78 is 19.8. The van der Waals surface area contributed by atoms with Crippen molar-refractivity contribution in [2.24, 2.45) is 0 Å². The van der Waals surface area contributed by atoms with Crippen molar-refractivity contribution in [3.63, 3.8) is 0 Å². The minimum absolute atomic E-state index is 0.107. The van der Waals surface area contributed by atoms with Crippen molar-refractivity contribution in [1.82, 2.24) is 4.98 Å². The zero-order valence-electron chi connectivity index (χ0n) is 9.15. The van der Waals surface area contributed by atoms with Gasteiger partial charge in [0.15, 0.2) is 5.58 Å². The smallest absolute Gasteiger partial charge is 0.227 e. The lowest BCUT2D eigenvalue weighted by molar-refractivity contribution is 0.611. The molecule has 5 heteroatoms. The summed E-state index contributed by atoms with van der Waals surface area (Å²) in [5.74, 6) is -0.107. The number of rotatable bonds is 1. The first-order valence-electron chi connectivity index (χ1n) is 5.25. The molecule has 3 nitrogen and oxygen atoms in total. The average molecular weight is 307 g/mol. The third-order valence-corrected chi connectivity index (χ3v) is 3.24.